The Balaban J connectivity index is 2.11. The van der Waals surface area contributed by atoms with Gasteiger partial charge in [0, 0.05) is 12.0 Å². The van der Waals surface area contributed by atoms with Crippen LogP contribution in [0.1, 0.15) is 66.7 Å². The Labute approximate surface area is 113 Å². The molecule has 0 aromatic carbocycles. The summed E-state index contributed by atoms with van der Waals surface area (Å²) in [6.07, 6.45) is 6.95. The molecule has 0 aromatic rings. The maximum absolute atomic E-state index is 6.54. The van der Waals surface area contributed by atoms with Crippen molar-refractivity contribution in [2.75, 3.05) is 6.61 Å². The molecule has 18 heavy (non-hydrogen) atoms. The van der Waals surface area contributed by atoms with Crippen LogP contribution in [-0.4, -0.2) is 12.2 Å². The number of ether oxygens (including phenoxy) is 1. The highest BCUT2D eigenvalue weighted by Gasteiger charge is 2.70. The molecule has 0 heterocycles. The Morgan fingerprint density at radius 3 is 2.50 bits per heavy atom. The van der Waals surface area contributed by atoms with Gasteiger partial charge in [0.1, 0.15) is 0 Å². The second kappa shape index (κ2) is 3.75. The van der Waals surface area contributed by atoms with Crippen molar-refractivity contribution in [3.63, 3.8) is 0 Å². The van der Waals surface area contributed by atoms with E-state index in [9.17, 15) is 0 Å². The van der Waals surface area contributed by atoms with Gasteiger partial charge in [0.05, 0.1) is 5.60 Å². The summed E-state index contributed by atoms with van der Waals surface area (Å²) >= 11 is 0. The number of hydrogen-bond donors (Lipinski definition) is 0. The van der Waals surface area contributed by atoms with Gasteiger partial charge in [-0.05, 0) is 62.2 Å². The molecule has 0 unspecified atom stereocenters. The molecule has 1 nitrogen and oxygen atoms in total. The maximum Gasteiger partial charge on any atom is 0.0791 e. The lowest BCUT2D eigenvalue weighted by Gasteiger charge is -2.73. The molecule has 1 heteroatoms. The van der Waals surface area contributed by atoms with E-state index >= 15 is 0 Å². The number of hydrogen-bond acceptors (Lipinski definition) is 1. The summed E-state index contributed by atoms with van der Waals surface area (Å²) in [6.45, 7) is 13.1. The van der Waals surface area contributed by atoms with E-state index in [0.717, 1.165) is 24.4 Å². The smallest absolute Gasteiger partial charge is 0.0791 e. The summed E-state index contributed by atoms with van der Waals surface area (Å²) in [7, 11) is 0. The van der Waals surface area contributed by atoms with Crippen molar-refractivity contribution >= 4 is 0 Å². The van der Waals surface area contributed by atoms with Gasteiger partial charge >= 0.3 is 0 Å². The second-order valence-corrected chi connectivity index (χ2v) is 7.99. The summed E-state index contributed by atoms with van der Waals surface area (Å²) in [5.74, 6) is 2.70. The Hall–Kier alpha value is -0.0400. The quantitative estimate of drug-likeness (QED) is 0.693. The summed E-state index contributed by atoms with van der Waals surface area (Å²) in [5, 5.41) is 0. The zero-order valence-corrected chi connectivity index (χ0v) is 12.9. The molecule has 4 aliphatic carbocycles. The minimum atomic E-state index is 0.160. The molecule has 4 saturated carbocycles. The van der Waals surface area contributed by atoms with Crippen molar-refractivity contribution in [1.29, 1.82) is 0 Å². The first-order chi connectivity index (χ1) is 8.39. The van der Waals surface area contributed by atoms with Gasteiger partial charge in [-0.3, -0.25) is 0 Å². The van der Waals surface area contributed by atoms with Crippen LogP contribution in [0.2, 0.25) is 0 Å². The highest BCUT2D eigenvalue weighted by Crippen LogP contribution is 2.72. The molecule has 104 valence electrons. The molecule has 0 spiro atoms. The van der Waals surface area contributed by atoms with Crippen LogP contribution in [0.25, 0.3) is 0 Å². The monoisotopic (exact) mass is 250 g/mol. The number of fused-ring (bicyclic) bond motifs is 1. The fourth-order valence-corrected chi connectivity index (χ4v) is 6.34. The lowest BCUT2D eigenvalue weighted by atomic mass is 9.35. The lowest BCUT2D eigenvalue weighted by Crippen LogP contribution is -2.72. The third kappa shape index (κ3) is 1.23. The molecular formula is C17H30O. The van der Waals surface area contributed by atoms with Crippen molar-refractivity contribution < 1.29 is 4.74 Å². The Bertz CT molecular complexity index is 348. The SMILES string of the molecule is CCO[C@@]12CC[C@H](C)[C@@H]3C[C@@H](CC[C@@]31C)C2(C)C. The lowest BCUT2D eigenvalue weighted by molar-refractivity contribution is -0.309. The molecule has 0 N–H and O–H groups in total. The minimum absolute atomic E-state index is 0.160. The van der Waals surface area contributed by atoms with Crippen molar-refractivity contribution in [2.45, 2.75) is 72.3 Å². The predicted octanol–water partition coefficient (Wildman–Crippen LogP) is 4.65. The van der Waals surface area contributed by atoms with Crippen molar-refractivity contribution in [3.8, 4) is 0 Å². The third-order valence-electron chi connectivity index (χ3n) is 7.38. The number of rotatable bonds is 2. The normalized spacial score (nSPS) is 53.5. The van der Waals surface area contributed by atoms with E-state index in [4.69, 9.17) is 4.74 Å². The zero-order valence-electron chi connectivity index (χ0n) is 12.9. The van der Waals surface area contributed by atoms with Crippen molar-refractivity contribution in [1.82, 2.24) is 0 Å². The predicted molar refractivity (Wildman–Crippen MR) is 75.5 cm³/mol. The van der Waals surface area contributed by atoms with E-state index in [0.29, 0.717) is 10.8 Å². The van der Waals surface area contributed by atoms with Gasteiger partial charge in [-0.2, -0.15) is 0 Å². The molecule has 5 atom stereocenters. The Kier molecular flexibility index (Phi) is 2.70. The summed E-state index contributed by atoms with van der Waals surface area (Å²) in [4.78, 5) is 0. The first-order valence-corrected chi connectivity index (χ1v) is 8.03. The molecule has 0 amide bonds. The van der Waals surface area contributed by atoms with Gasteiger partial charge < -0.3 is 4.74 Å². The average molecular weight is 250 g/mol. The topological polar surface area (TPSA) is 9.23 Å². The Morgan fingerprint density at radius 1 is 1.11 bits per heavy atom. The van der Waals surface area contributed by atoms with Gasteiger partial charge in [0.15, 0.2) is 0 Å². The average Bonchev–Trinajstić information content (AvgIpc) is 2.31. The van der Waals surface area contributed by atoms with Crippen LogP contribution in [0, 0.1) is 28.6 Å². The summed E-state index contributed by atoms with van der Waals surface area (Å²) in [6, 6.07) is 0. The molecule has 4 aliphatic rings. The highest BCUT2D eigenvalue weighted by molar-refractivity contribution is 5.20. The van der Waals surface area contributed by atoms with E-state index in [1.54, 1.807) is 0 Å². The van der Waals surface area contributed by atoms with Gasteiger partial charge in [-0.15, -0.1) is 0 Å². The van der Waals surface area contributed by atoms with E-state index in [2.05, 4.69) is 34.6 Å². The minimum Gasteiger partial charge on any atom is -0.374 e. The van der Waals surface area contributed by atoms with Crippen LogP contribution in [0.3, 0.4) is 0 Å². The van der Waals surface area contributed by atoms with Crippen LogP contribution in [0.4, 0.5) is 0 Å². The largest absolute Gasteiger partial charge is 0.374 e. The van der Waals surface area contributed by atoms with E-state index in [-0.39, 0.29) is 5.60 Å². The fourth-order valence-electron chi connectivity index (χ4n) is 6.34. The van der Waals surface area contributed by atoms with Gasteiger partial charge in [0.25, 0.3) is 0 Å². The first kappa shape index (κ1) is 13.0. The van der Waals surface area contributed by atoms with Crippen LogP contribution in [0.5, 0.6) is 0 Å². The highest BCUT2D eigenvalue weighted by atomic mass is 16.5. The second-order valence-electron chi connectivity index (χ2n) is 7.99. The fraction of sp³-hybridized carbons (Fsp3) is 1.00. The van der Waals surface area contributed by atoms with Crippen molar-refractivity contribution in [2.24, 2.45) is 28.6 Å². The van der Waals surface area contributed by atoms with E-state index < -0.39 is 0 Å². The van der Waals surface area contributed by atoms with Gasteiger partial charge in [-0.1, -0.05) is 27.7 Å². The van der Waals surface area contributed by atoms with Crippen LogP contribution < -0.4 is 0 Å². The summed E-state index contributed by atoms with van der Waals surface area (Å²) in [5.41, 5.74) is 0.957. The van der Waals surface area contributed by atoms with Crippen LogP contribution >= 0.6 is 0 Å². The standard InChI is InChI=1S/C17H30O/c1-6-18-17-10-7-12(2)14-11-13(15(17,3)4)8-9-16(14,17)5/h12-14H,6-11H2,1-5H3/t12-,13+,14-,16-,17+/m0/s1. The van der Waals surface area contributed by atoms with Crippen LogP contribution in [0.15, 0.2) is 0 Å². The Morgan fingerprint density at radius 2 is 1.83 bits per heavy atom. The molecule has 4 fully saturated rings. The molecular weight excluding hydrogens is 220 g/mol. The molecule has 4 bridgehead atoms. The van der Waals surface area contributed by atoms with E-state index in [1.165, 1.54) is 32.1 Å². The van der Waals surface area contributed by atoms with E-state index in [1.807, 2.05) is 0 Å². The molecule has 0 saturated heterocycles. The third-order valence-corrected chi connectivity index (χ3v) is 7.38. The van der Waals surface area contributed by atoms with Crippen LogP contribution in [-0.2, 0) is 4.74 Å². The van der Waals surface area contributed by atoms with Gasteiger partial charge in [0.2, 0.25) is 0 Å². The maximum atomic E-state index is 6.54. The molecule has 0 radical (unpaired) electrons. The zero-order chi connectivity index (χ0) is 13.2. The van der Waals surface area contributed by atoms with Crippen molar-refractivity contribution in [3.05, 3.63) is 0 Å². The molecule has 0 aliphatic heterocycles. The summed E-state index contributed by atoms with van der Waals surface area (Å²) < 4.78 is 6.54. The van der Waals surface area contributed by atoms with Gasteiger partial charge in [-0.25, -0.2) is 0 Å². The molecule has 4 rings (SSSR count). The molecule has 0 aromatic heterocycles. The first-order valence-electron chi connectivity index (χ1n) is 8.03.